The number of carbonyl (C=O) groups is 1. The van der Waals surface area contributed by atoms with Gasteiger partial charge in [0.05, 0.1) is 47.2 Å². The fraction of sp³-hybridized carbons (Fsp3) is 0.741. The normalized spacial score (nSPS) is 37.2. The van der Waals surface area contributed by atoms with Crippen molar-refractivity contribution in [3.8, 4) is 11.1 Å². The minimum atomic E-state index is -1.82. The summed E-state index contributed by atoms with van der Waals surface area (Å²) in [4.78, 5) is 18.7. The highest BCUT2D eigenvalue weighted by Gasteiger charge is 2.52. The highest BCUT2D eigenvalue weighted by Crippen LogP contribution is 2.41. The zero-order valence-corrected chi connectivity index (χ0v) is 48.3. The molecule has 1 aromatic heterocycles. The van der Waals surface area contributed by atoms with E-state index in [1.54, 1.807) is 52.6 Å². The van der Waals surface area contributed by atoms with Gasteiger partial charge in [-0.05, 0) is 110 Å². The predicted octanol–water partition coefficient (Wildman–Crippen LogP) is 6.16. The van der Waals surface area contributed by atoms with E-state index >= 15 is 0 Å². The number of nitrogens with two attached hydrogens (primary N) is 1. The molecule has 19 atom stereocenters. The molecule has 3 aliphatic heterocycles. The lowest BCUT2D eigenvalue weighted by Crippen LogP contribution is -2.59. The molecule has 3 fully saturated rings. The SMILES string of the molecule is CC[C@H]1OC(=O)[C@H](C)[C@@H](O[C@H]2C[C@@](C)(OC)[C@@H](O)[C@H](C)O2)[C@H](C)[C@@H](O[C@H]2C[C@@H](N(C)CCc3cn([C@H](CF)[C@H](OC)c4ccc(-c5ccc(CN)cc5)cc4)nn3)C[C@@H](C)O2)[C@](C)(O)C[C@@H](C)CN(C)[C@H](C)[C@@H](O)[C@]1(C)O. The molecule has 3 aromatic rings. The van der Waals surface area contributed by atoms with Gasteiger partial charge in [0.1, 0.15) is 42.7 Å². The molecule has 2 aromatic carbocycles. The third-order valence-corrected chi connectivity index (χ3v) is 17.2. The second kappa shape index (κ2) is 26.8. The van der Waals surface area contributed by atoms with Crippen molar-refractivity contribution in [2.75, 3.05) is 48.1 Å². The van der Waals surface area contributed by atoms with Gasteiger partial charge in [-0.2, -0.15) is 0 Å². The predicted molar refractivity (Wildman–Crippen MR) is 290 cm³/mol. The first-order valence-corrected chi connectivity index (χ1v) is 27.8. The molecule has 434 valence electrons. The summed E-state index contributed by atoms with van der Waals surface area (Å²) in [6, 6.07) is 14.7. The van der Waals surface area contributed by atoms with Gasteiger partial charge in [-0.3, -0.25) is 4.79 Å². The highest BCUT2D eigenvalue weighted by molar-refractivity contribution is 5.73. The van der Waals surface area contributed by atoms with Crippen molar-refractivity contribution in [3.05, 3.63) is 71.5 Å². The Morgan fingerprint density at radius 2 is 1.56 bits per heavy atom. The van der Waals surface area contributed by atoms with Gasteiger partial charge in [-0.15, -0.1) is 5.10 Å². The smallest absolute Gasteiger partial charge is 0.311 e. The van der Waals surface area contributed by atoms with E-state index in [1.807, 2.05) is 95.2 Å². The van der Waals surface area contributed by atoms with Crippen LogP contribution in [0.3, 0.4) is 0 Å². The number of benzene rings is 2. The molecule has 0 aliphatic carbocycles. The Labute approximate surface area is 457 Å². The number of aliphatic hydroxyl groups excluding tert-OH is 2. The van der Waals surface area contributed by atoms with Crippen molar-refractivity contribution >= 4 is 5.97 Å². The molecule has 77 heavy (non-hydrogen) atoms. The summed E-state index contributed by atoms with van der Waals surface area (Å²) in [5.41, 5.74) is 6.02. The average Bonchev–Trinajstić information content (AvgIpc) is 3.88. The van der Waals surface area contributed by atoms with Crippen LogP contribution in [-0.4, -0.2) is 183 Å². The van der Waals surface area contributed by atoms with Crippen LogP contribution in [0.1, 0.15) is 130 Å². The van der Waals surface area contributed by atoms with Crippen molar-refractivity contribution in [2.24, 2.45) is 23.5 Å². The van der Waals surface area contributed by atoms with E-state index in [4.69, 9.17) is 38.9 Å². The van der Waals surface area contributed by atoms with Gasteiger partial charge in [0.15, 0.2) is 12.6 Å². The minimum absolute atomic E-state index is 0.0187. The molecule has 0 spiro atoms. The van der Waals surface area contributed by atoms with Gasteiger partial charge in [0.2, 0.25) is 0 Å². The zero-order chi connectivity index (χ0) is 56.7. The van der Waals surface area contributed by atoms with E-state index in [0.717, 1.165) is 22.3 Å². The number of ether oxygens (including phenoxy) is 7. The number of methoxy groups -OCH3 is 2. The van der Waals surface area contributed by atoms with Crippen molar-refractivity contribution in [1.29, 1.82) is 0 Å². The number of likely N-dealkylation sites (N-methyl/N-ethyl adjacent to an activating group) is 2. The topological polar surface area (TPSA) is 226 Å². The van der Waals surface area contributed by atoms with Crippen LogP contribution in [-0.2, 0) is 50.9 Å². The number of cyclic esters (lactones) is 1. The minimum Gasteiger partial charge on any atom is -0.459 e. The summed E-state index contributed by atoms with van der Waals surface area (Å²) >= 11 is 0. The number of aromatic nitrogens is 3. The molecule has 0 amide bonds. The molecule has 3 saturated heterocycles. The summed E-state index contributed by atoms with van der Waals surface area (Å²) in [5.74, 6) is -2.57. The van der Waals surface area contributed by atoms with E-state index in [9.17, 15) is 29.6 Å². The number of alkyl halides is 1. The van der Waals surface area contributed by atoms with Crippen LogP contribution < -0.4 is 5.73 Å². The molecule has 3 aliphatic rings. The Kier molecular flexibility index (Phi) is 21.8. The van der Waals surface area contributed by atoms with Crippen molar-refractivity contribution < 1.29 is 62.8 Å². The van der Waals surface area contributed by atoms with Crippen LogP contribution in [0.2, 0.25) is 0 Å². The maximum atomic E-state index is 15.0. The first-order valence-electron chi connectivity index (χ1n) is 27.8. The molecule has 6 N–H and O–H groups in total. The lowest BCUT2D eigenvalue weighted by Gasteiger charge is -2.48. The molecule has 6 rings (SSSR count). The van der Waals surface area contributed by atoms with Crippen LogP contribution in [0.4, 0.5) is 4.39 Å². The lowest BCUT2D eigenvalue weighted by molar-refractivity contribution is -0.308. The Morgan fingerprint density at radius 1 is 0.909 bits per heavy atom. The second-order valence-electron chi connectivity index (χ2n) is 23.4. The number of rotatable bonds is 17. The Morgan fingerprint density at radius 3 is 2.16 bits per heavy atom. The second-order valence-corrected chi connectivity index (χ2v) is 23.4. The summed E-state index contributed by atoms with van der Waals surface area (Å²) in [6.07, 6.45) is -4.59. The summed E-state index contributed by atoms with van der Waals surface area (Å²) in [6.45, 7) is 18.7. The maximum Gasteiger partial charge on any atom is 0.311 e. The molecule has 18 nitrogen and oxygen atoms in total. The third-order valence-electron chi connectivity index (χ3n) is 17.2. The largest absolute Gasteiger partial charge is 0.459 e. The van der Waals surface area contributed by atoms with Gasteiger partial charge in [-0.25, -0.2) is 9.07 Å². The van der Waals surface area contributed by atoms with Crippen LogP contribution in [0, 0.1) is 17.8 Å². The number of nitrogens with zero attached hydrogens (tertiary/aromatic N) is 5. The number of halogens is 1. The summed E-state index contributed by atoms with van der Waals surface area (Å²) in [7, 11) is 6.99. The van der Waals surface area contributed by atoms with Gasteiger partial charge >= 0.3 is 5.97 Å². The fourth-order valence-electron chi connectivity index (χ4n) is 12.2. The van der Waals surface area contributed by atoms with E-state index < -0.39 is 109 Å². The number of hydrogen-bond donors (Lipinski definition) is 5. The summed E-state index contributed by atoms with van der Waals surface area (Å²) < 4.78 is 61.2. The number of esters is 1. The first kappa shape index (κ1) is 62.7. The molecule has 0 radical (unpaired) electrons. The Bertz CT molecular complexity index is 2290. The average molecular weight is 1090 g/mol. The molecular formula is C58H93FN6O12. The molecule has 0 unspecified atom stereocenters. The van der Waals surface area contributed by atoms with Crippen molar-refractivity contribution in [2.45, 2.75) is 211 Å². The van der Waals surface area contributed by atoms with Gasteiger partial charge in [-0.1, -0.05) is 74.5 Å². The van der Waals surface area contributed by atoms with Gasteiger partial charge < -0.3 is 69.1 Å². The quantitative estimate of drug-likeness (QED) is 0.0955. The Hall–Kier alpha value is -3.54. The molecule has 19 heteroatoms. The fourth-order valence-corrected chi connectivity index (χ4v) is 12.2. The first-order chi connectivity index (χ1) is 36.3. The monoisotopic (exact) mass is 1080 g/mol. The van der Waals surface area contributed by atoms with E-state index in [1.165, 1.54) is 14.0 Å². The Balaban J connectivity index is 1.22. The lowest BCUT2D eigenvalue weighted by atomic mass is 9.77. The van der Waals surface area contributed by atoms with Crippen LogP contribution in [0.25, 0.3) is 11.1 Å². The van der Waals surface area contributed by atoms with Crippen LogP contribution in [0.5, 0.6) is 0 Å². The number of aliphatic hydroxyl groups is 4. The standard InChI is InChI=1S/C58H93FN6O12/c1-15-47-58(10,70)52(66)38(6)64(12)32-34(2)28-56(8,69)54(36(4)50(37(5)55(68)75-47)76-49-29-57(9,72-14)53(67)39(7)74-49)77-48-27-45(26-35(3)73-48)63(11)25-24-44-33-65(62-61-44)46(30-59)51(71-13)43-22-20-42(21-23-43)41-18-16-40(31-60)17-19-41/h16-23,33-39,45-54,66-67,69-70H,15,24-32,60H2,1-14H3/t34-,35-,36+,37-,38-,39+,45+,46-,47-,48+,49+,50+,51-,52-,53+,54-,56-,57-,58-/m1/s1. The van der Waals surface area contributed by atoms with E-state index in [2.05, 4.69) is 15.2 Å². The van der Waals surface area contributed by atoms with E-state index in [0.29, 0.717) is 44.6 Å². The van der Waals surface area contributed by atoms with Crippen molar-refractivity contribution in [1.82, 2.24) is 24.8 Å². The summed E-state index contributed by atoms with van der Waals surface area (Å²) in [5, 5.41) is 56.5. The third kappa shape index (κ3) is 14.9. The molecule has 0 bridgehead atoms. The zero-order valence-electron chi connectivity index (χ0n) is 48.3. The molecular weight excluding hydrogens is 992 g/mol. The molecule has 0 saturated carbocycles. The number of carbonyl (C=O) groups excluding carboxylic acids is 1. The molecule has 4 heterocycles. The van der Waals surface area contributed by atoms with Crippen LogP contribution >= 0.6 is 0 Å². The van der Waals surface area contributed by atoms with Gasteiger partial charge in [0.25, 0.3) is 0 Å². The van der Waals surface area contributed by atoms with E-state index in [-0.39, 0.29) is 37.3 Å². The van der Waals surface area contributed by atoms with Crippen molar-refractivity contribution in [3.63, 3.8) is 0 Å². The highest BCUT2D eigenvalue weighted by atomic mass is 19.1. The van der Waals surface area contributed by atoms with Gasteiger partial charge in [0, 0.05) is 77.3 Å². The van der Waals surface area contributed by atoms with Crippen LogP contribution in [0.15, 0.2) is 54.7 Å². The number of hydrogen-bond acceptors (Lipinski definition) is 17. The maximum absolute atomic E-state index is 15.0.